The molecule has 0 spiro atoms. The third-order valence-corrected chi connectivity index (χ3v) is 8.96. The molecule has 0 saturated carbocycles. The Morgan fingerprint density at radius 3 is 2.56 bits per heavy atom. The highest BCUT2D eigenvalue weighted by Crippen LogP contribution is 2.36. The smallest absolute Gasteiger partial charge is 0.338 e. The number of rotatable bonds is 10. The highest BCUT2D eigenvalue weighted by atomic mass is 79.9. The molecule has 1 aromatic heterocycles. The van der Waals surface area contributed by atoms with Gasteiger partial charge in [-0.05, 0) is 88.9 Å². The molecule has 230 valence electrons. The molecule has 8 nitrogen and oxygen atoms in total. The van der Waals surface area contributed by atoms with Gasteiger partial charge in [0.15, 0.2) is 4.80 Å². The minimum absolute atomic E-state index is 0.186. The molecule has 3 aromatic carbocycles. The molecular weight excluding hydrogens is 678 g/mol. The second kappa shape index (κ2) is 14.3. The lowest BCUT2D eigenvalue weighted by Crippen LogP contribution is -2.40. The first kappa shape index (κ1) is 32.2. The molecule has 0 amide bonds. The number of hydrogen-bond acceptors (Lipinski definition) is 8. The molecule has 2 heterocycles. The summed E-state index contributed by atoms with van der Waals surface area (Å²) in [7, 11) is 1.57. The summed E-state index contributed by atoms with van der Waals surface area (Å²) in [4.78, 5) is 33.0. The summed E-state index contributed by atoms with van der Waals surface area (Å²) >= 11 is 11.2. The first-order chi connectivity index (χ1) is 21.8. The summed E-state index contributed by atoms with van der Waals surface area (Å²) in [6, 6.07) is 19.2. The van der Waals surface area contributed by atoms with Gasteiger partial charge in [-0.25, -0.2) is 9.79 Å². The van der Waals surface area contributed by atoms with Crippen LogP contribution >= 0.6 is 38.9 Å². The Labute approximate surface area is 277 Å². The molecule has 11 heteroatoms. The monoisotopic (exact) mass is 705 g/mol. The summed E-state index contributed by atoms with van der Waals surface area (Å²) in [6.07, 6.45) is 3.02. The number of hydrogen-bond donors (Lipinski definition) is 0. The fourth-order valence-electron chi connectivity index (χ4n) is 5.03. The first-order valence-corrected chi connectivity index (χ1v) is 16.2. The number of allylic oxidation sites excluding steroid dienone is 1. The van der Waals surface area contributed by atoms with Crippen molar-refractivity contribution in [3.05, 3.63) is 123 Å². The van der Waals surface area contributed by atoms with Gasteiger partial charge < -0.3 is 14.2 Å². The molecule has 4 aromatic rings. The van der Waals surface area contributed by atoms with Gasteiger partial charge in [-0.3, -0.25) is 9.36 Å². The lowest BCUT2D eigenvalue weighted by molar-refractivity contribution is -0.139. The van der Waals surface area contributed by atoms with E-state index in [0.29, 0.717) is 64.7 Å². The highest BCUT2D eigenvalue weighted by Gasteiger charge is 2.34. The van der Waals surface area contributed by atoms with Crippen molar-refractivity contribution < 1.29 is 19.0 Å². The van der Waals surface area contributed by atoms with Crippen molar-refractivity contribution in [3.8, 4) is 17.6 Å². The summed E-state index contributed by atoms with van der Waals surface area (Å²) in [5, 5.41) is 9.56. The second-order valence-corrected chi connectivity index (χ2v) is 12.4. The molecule has 5 rings (SSSR count). The number of carbonyl (C=O) groups excluding carboxylic acids is 1. The first-order valence-electron chi connectivity index (χ1n) is 14.2. The van der Waals surface area contributed by atoms with Crippen molar-refractivity contribution >= 4 is 50.9 Å². The van der Waals surface area contributed by atoms with Crippen LogP contribution in [0.25, 0.3) is 6.08 Å². The average Bonchev–Trinajstić information content (AvgIpc) is 3.34. The Morgan fingerprint density at radius 2 is 1.89 bits per heavy atom. The van der Waals surface area contributed by atoms with Gasteiger partial charge in [0.05, 0.1) is 51.7 Å². The lowest BCUT2D eigenvalue weighted by Gasteiger charge is -2.26. The summed E-state index contributed by atoms with van der Waals surface area (Å²) < 4.78 is 19.7. The predicted octanol–water partition coefficient (Wildman–Crippen LogP) is 6.45. The van der Waals surface area contributed by atoms with E-state index < -0.39 is 12.0 Å². The number of nitriles is 1. The van der Waals surface area contributed by atoms with Crippen LogP contribution in [0.1, 0.15) is 55.0 Å². The zero-order chi connectivity index (χ0) is 32.1. The average molecular weight is 707 g/mol. The van der Waals surface area contributed by atoms with Crippen LogP contribution in [0.3, 0.4) is 0 Å². The fourth-order valence-corrected chi connectivity index (χ4v) is 6.78. The van der Waals surface area contributed by atoms with Gasteiger partial charge in [0.2, 0.25) is 0 Å². The number of benzene rings is 3. The van der Waals surface area contributed by atoms with E-state index in [9.17, 15) is 9.59 Å². The Kier molecular flexibility index (Phi) is 10.2. The molecule has 0 fully saturated rings. The van der Waals surface area contributed by atoms with Crippen LogP contribution in [-0.2, 0) is 16.1 Å². The lowest BCUT2D eigenvalue weighted by atomic mass is 9.94. The van der Waals surface area contributed by atoms with E-state index in [1.165, 1.54) is 11.3 Å². The molecule has 0 saturated heterocycles. The maximum absolute atomic E-state index is 14.2. The van der Waals surface area contributed by atoms with E-state index in [4.69, 9.17) is 36.1 Å². The highest BCUT2D eigenvalue weighted by molar-refractivity contribution is 9.10. The van der Waals surface area contributed by atoms with Crippen molar-refractivity contribution in [1.29, 1.82) is 5.26 Å². The number of thiazole rings is 1. The van der Waals surface area contributed by atoms with E-state index in [-0.39, 0.29) is 18.8 Å². The van der Waals surface area contributed by atoms with Gasteiger partial charge >= 0.3 is 5.97 Å². The number of fused-ring (bicyclic) bond motifs is 1. The van der Waals surface area contributed by atoms with Gasteiger partial charge in [-0.1, -0.05) is 54.5 Å². The Hall–Kier alpha value is -4.17. The normalized spacial score (nSPS) is 14.4. The van der Waals surface area contributed by atoms with Crippen LogP contribution in [0.15, 0.2) is 86.2 Å². The van der Waals surface area contributed by atoms with Crippen LogP contribution in [0, 0.1) is 11.3 Å². The molecule has 0 unspecified atom stereocenters. The fraction of sp³-hybridized carbons (Fsp3) is 0.235. The number of nitrogens with zero attached hydrogens (tertiary/aromatic N) is 3. The Bertz CT molecular complexity index is 2010. The van der Waals surface area contributed by atoms with Crippen LogP contribution in [-0.4, -0.2) is 24.3 Å². The van der Waals surface area contributed by atoms with Gasteiger partial charge in [0.1, 0.15) is 18.1 Å². The molecule has 1 aliphatic rings. The van der Waals surface area contributed by atoms with Gasteiger partial charge in [0.25, 0.3) is 5.56 Å². The summed E-state index contributed by atoms with van der Waals surface area (Å²) in [5.41, 5.74) is 3.38. The molecular formula is C34H29BrClN3O5S. The summed E-state index contributed by atoms with van der Waals surface area (Å²) in [5.74, 6) is 0.643. The molecule has 0 N–H and O–H groups in total. The predicted molar refractivity (Wildman–Crippen MR) is 177 cm³/mol. The minimum Gasteiger partial charge on any atom is -0.496 e. The van der Waals surface area contributed by atoms with E-state index >= 15 is 0 Å². The summed E-state index contributed by atoms with van der Waals surface area (Å²) in [6.45, 7) is 4.20. The zero-order valence-corrected chi connectivity index (χ0v) is 28.0. The second-order valence-electron chi connectivity index (χ2n) is 10.1. The van der Waals surface area contributed by atoms with Crippen LogP contribution in [0.4, 0.5) is 0 Å². The maximum atomic E-state index is 14.2. The van der Waals surface area contributed by atoms with Gasteiger partial charge in [-0.2, -0.15) is 5.26 Å². The van der Waals surface area contributed by atoms with Crippen molar-refractivity contribution in [2.45, 2.75) is 39.3 Å². The van der Waals surface area contributed by atoms with Crippen molar-refractivity contribution in [3.63, 3.8) is 0 Å². The molecule has 1 aliphatic heterocycles. The zero-order valence-electron chi connectivity index (χ0n) is 24.8. The number of methoxy groups -OCH3 is 1. The topological polar surface area (TPSA) is 103 Å². The molecule has 45 heavy (non-hydrogen) atoms. The number of aromatic nitrogens is 1. The largest absolute Gasteiger partial charge is 0.496 e. The van der Waals surface area contributed by atoms with E-state index in [0.717, 1.165) is 12.0 Å². The van der Waals surface area contributed by atoms with Gasteiger partial charge in [0, 0.05) is 10.6 Å². The van der Waals surface area contributed by atoms with Crippen molar-refractivity contribution in [2.75, 3.05) is 13.7 Å². The molecule has 0 radical (unpaired) electrons. The number of ether oxygens (including phenoxy) is 3. The molecule has 1 atom stereocenters. The van der Waals surface area contributed by atoms with Crippen molar-refractivity contribution in [1.82, 2.24) is 4.57 Å². The van der Waals surface area contributed by atoms with E-state index in [1.807, 2.05) is 31.2 Å². The SMILES string of the molecule is CCCC1=C(C(=O)OCC)[C@H](c2ccc(OC)c(Br)c2)n2c(s/c(=C\c3cc(Cl)ccc3OCc3ccc(C#N)cc3)c2=O)=N1. The van der Waals surface area contributed by atoms with E-state index in [2.05, 4.69) is 22.0 Å². The van der Waals surface area contributed by atoms with Gasteiger partial charge in [-0.15, -0.1) is 0 Å². The molecule has 0 aliphatic carbocycles. The van der Waals surface area contributed by atoms with Crippen molar-refractivity contribution in [2.24, 2.45) is 4.99 Å². The maximum Gasteiger partial charge on any atom is 0.338 e. The standard InChI is InChI=1S/C34H29BrClN3O5S/c1-4-6-26-30(33(41)43-5-2)31(22-11-13-28(42-3)25(35)16-22)39-32(40)29(45-34(39)38-26)17-23-15-24(36)12-14-27(23)44-19-21-9-7-20(18-37)8-10-21/h7-17,31H,4-6,19H2,1-3H3/b29-17-/t31-/m0/s1. The van der Waals surface area contributed by atoms with Crippen LogP contribution in [0.2, 0.25) is 5.02 Å². The number of esters is 1. The third-order valence-electron chi connectivity index (χ3n) is 7.12. The molecule has 0 bridgehead atoms. The quantitative estimate of drug-likeness (QED) is 0.176. The minimum atomic E-state index is -0.766. The number of halogens is 2. The Balaban J connectivity index is 1.65. The third kappa shape index (κ3) is 6.91. The van der Waals surface area contributed by atoms with E-state index in [1.54, 1.807) is 61.1 Å². The van der Waals surface area contributed by atoms with Crippen LogP contribution in [0.5, 0.6) is 11.5 Å². The van der Waals surface area contributed by atoms with Crippen LogP contribution < -0.4 is 24.4 Å². The number of carbonyl (C=O) groups is 1. The Morgan fingerprint density at radius 1 is 1.13 bits per heavy atom.